The number of nitrogens with zero attached hydrogens (tertiary/aromatic N) is 2. The molecule has 0 fully saturated rings. The Morgan fingerprint density at radius 1 is 1.03 bits per heavy atom. The Balaban J connectivity index is 1.57. The van der Waals surface area contributed by atoms with E-state index in [0.717, 1.165) is 11.3 Å². The molecule has 30 heavy (non-hydrogen) atoms. The van der Waals surface area contributed by atoms with Crippen molar-refractivity contribution in [3.8, 4) is 11.5 Å². The molecule has 1 aromatic heterocycles. The largest absolute Gasteiger partial charge is 0.497 e. The topological polar surface area (TPSA) is 102 Å². The first kappa shape index (κ1) is 21.6. The van der Waals surface area contributed by atoms with Crippen LogP contribution in [0.5, 0.6) is 11.5 Å². The van der Waals surface area contributed by atoms with Crippen LogP contribution in [0.4, 0.5) is 10.8 Å². The number of hydrogen-bond donors (Lipinski definition) is 2. The number of aryl methyl sites for hydroxylation is 1. The van der Waals surface area contributed by atoms with Gasteiger partial charge in [0.2, 0.25) is 11.0 Å². The maximum Gasteiger partial charge on any atom is 0.257 e. The molecule has 0 bridgehead atoms. The summed E-state index contributed by atoms with van der Waals surface area (Å²) in [6.45, 7) is 1.93. The molecule has 0 atom stereocenters. The van der Waals surface area contributed by atoms with Crippen LogP contribution in [-0.2, 0) is 4.79 Å². The third-order valence-corrected chi connectivity index (χ3v) is 5.96. The lowest BCUT2D eigenvalue weighted by atomic mass is 10.2. The molecule has 2 N–H and O–H groups in total. The zero-order valence-electron chi connectivity index (χ0n) is 16.6. The number of ether oxygens (including phenoxy) is 2. The molecule has 0 aliphatic rings. The fourth-order valence-electron chi connectivity index (χ4n) is 2.45. The summed E-state index contributed by atoms with van der Waals surface area (Å²) in [6, 6.07) is 12.4. The SMILES string of the molecule is COc1cc(OC)cc(C(=O)Nc2nnc(SCC(=O)Nc3ccccc3C)s2)c1. The van der Waals surface area contributed by atoms with Gasteiger partial charge in [0, 0.05) is 17.3 Å². The van der Waals surface area contributed by atoms with E-state index < -0.39 is 0 Å². The van der Waals surface area contributed by atoms with Crippen LogP contribution < -0.4 is 20.1 Å². The lowest BCUT2D eigenvalue weighted by Gasteiger charge is -2.07. The number of aromatic nitrogens is 2. The van der Waals surface area contributed by atoms with Crippen molar-refractivity contribution in [2.24, 2.45) is 0 Å². The molecule has 0 aliphatic carbocycles. The number of carbonyl (C=O) groups is 2. The zero-order valence-corrected chi connectivity index (χ0v) is 18.2. The molecule has 3 rings (SSSR count). The number of rotatable bonds is 8. The van der Waals surface area contributed by atoms with Crippen molar-refractivity contribution in [2.75, 3.05) is 30.6 Å². The second-order valence-electron chi connectivity index (χ2n) is 6.08. The van der Waals surface area contributed by atoms with Crippen molar-refractivity contribution in [2.45, 2.75) is 11.3 Å². The summed E-state index contributed by atoms with van der Waals surface area (Å²) in [7, 11) is 3.03. The van der Waals surface area contributed by atoms with Gasteiger partial charge in [-0.25, -0.2) is 0 Å². The molecule has 0 spiro atoms. The predicted molar refractivity (Wildman–Crippen MR) is 118 cm³/mol. The summed E-state index contributed by atoms with van der Waals surface area (Å²) in [5, 5.41) is 13.9. The van der Waals surface area contributed by atoms with Crippen LogP contribution in [0, 0.1) is 6.92 Å². The Bertz CT molecular complexity index is 1030. The normalized spacial score (nSPS) is 10.4. The van der Waals surface area contributed by atoms with Gasteiger partial charge in [0.15, 0.2) is 4.34 Å². The Hall–Kier alpha value is -3.11. The van der Waals surface area contributed by atoms with E-state index in [1.807, 2.05) is 31.2 Å². The van der Waals surface area contributed by atoms with E-state index in [4.69, 9.17) is 9.47 Å². The summed E-state index contributed by atoms with van der Waals surface area (Å²) < 4.78 is 10.9. The van der Waals surface area contributed by atoms with Crippen LogP contribution >= 0.6 is 23.1 Å². The highest BCUT2D eigenvalue weighted by Gasteiger charge is 2.14. The summed E-state index contributed by atoms with van der Waals surface area (Å²) in [5.41, 5.74) is 2.14. The Kier molecular flexibility index (Phi) is 7.26. The number of benzene rings is 2. The van der Waals surface area contributed by atoms with Gasteiger partial charge in [-0.05, 0) is 30.7 Å². The molecule has 0 saturated carbocycles. The number of carbonyl (C=O) groups excluding carboxylic acids is 2. The van der Waals surface area contributed by atoms with Gasteiger partial charge in [0.1, 0.15) is 11.5 Å². The number of thioether (sulfide) groups is 1. The van der Waals surface area contributed by atoms with Crippen LogP contribution in [-0.4, -0.2) is 42.0 Å². The highest BCUT2D eigenvalue weighted by molar-refractivity contribution is 8.01. The molecule has 3 aromatic rings. The molecule has 2 aromatic carbocycles. The fourth-order valence-corrected chi connectivity index (χ4v) is 4.00. The third kappa shape index (κ3) is 5.71. The number of hydrogen-bond acceptors (Lipinski definition) is 8. The number of nitrogens with one attached hydrogen (secondary N) is 2. The second kappa shape index (κ2) is 10.1. The number of anilines is 2. The predicted octanol–water partition coefficient (Wildman–Crippen LogP) is 3.85. The fraction of sp³-hybridized carbons (Fsp3) is 0.200. The highest BCUT2D eigenvalue weighted by atomic mass is 32.2. The first-order valence-electron chi connectivity index (χ1n) is 8.84. The molecule has 0 aliphatic heterocycles. The van der Waals surface area contributed by atoms with E-state index in [-0.39, 0.29) is 17.6 Å². The van der Waals surface area contributed by atoms with Gasteiger partial charge < -0.3 is 14.8 Å². The summed E-state index contributed by atoms with van der Waals surface area (Å²) in [4.78, 5) is 24.7. The molecular formula is C20H20N4O4S2. The number of para-hydroxylation sites is 1. The van der Waals surface area contributed by atoms with Gasteiger partial charge in [0.05, 0.1) is 20.0 Å². The van der Waals surface area contributed by atoms with Crippen LogP contribution in [0.2, 0.25) is 0 Å². The Labute approximate surface area is 182 Å². The molecule has 10 heteroatoms. The second-order valence-corrected chi connectivity index (χ2v) is 8.28. The zero-order chi connectivity index (χ0) is 21.5. The molecular weight excluding hydrogens is 424 g/mol. The van der Waals surface area contributed by atoms with E-state index in [2.05, 4.69) is 20.8 Å². The number of methoxy groups -OCH3 is 2. The van der Waals surface area contributed by atoms with Gasteiger partial charge in [-0.2, -0.15) is 0 Å². The minimum Gasteiger partial charge on any atom is -0.497 e. The average molecular weight is 445 g/mol. The average Bonchev–Trinajstić information content (AvgIpc) is 3.20. The van der Waals surface area contributed by atoms with Crippen LogP contribution in [0.25, 0.3) is 0 Å². The van der Waals surface area contributed by atoms with Gasteiger partial charge in [0.25, 0.3) is 5.91 Å². The van der Waals surface area contributed by atoms with Crippen molar-refractivity contribution in [1.82, 2.24) is 10.2 Å². The van der Waals surface area contributed by atoms with Crippen molar-refractivity contribution in [1.29, 1.82) is 0 Å². The maximum atomic E-state index is 12.5. The smallest absolute Gasteiger partial charge is 0.257 e. The van der Waals surface area contributed by atoms with Gasteiger partial charge in [-0.15, -0.1) is 10.2 Å². The quantitative estimate of drug-likeness (QED) is 0.402. The standard InChI is InChI=1S/C20H20N4O4S2/c1-12-6-4-5-7-16(12)21-17(25)11-29-20-24-23-19(30-20)22-18(26)13-8-14(27-2)10-15(9-13)28-3/h4-10H,11H2,1-3H3,(H,21,25)(H,22,23,26). The van der Waals surface area contributed by atoms with E-state index >= 15 is 0 Å². The van der Waals surface area contributed by atoms with Gasteiger partial charge >= 0.3 is 0 Å². The van der Waals surface area contributed by atoms with E-state index in [1.165, 1.54) is 37.3 Å². The highest BCUT2D eigenvalue weighted by Crippen LogP contribution is 2.27. The summed E-state index contributed by atoms with van der Waals surface area (Å²) in [6.07, 6.45) is 0. The maximum absolute atomic E-state index is 12.5. The van der Waals surface area contributed by atoms with Crippen LogP contribution in [0.15, 0.2) is 46.8 Å². The lowest BCUT2D eigenvalue weighted by molar-refractivity contribution is -0.113. The molecule has 156 valence electrons. The summed E-state index contributed by atoms with van der Waals surface area (Å²) >= 11 is 2.44. The monoisotopic (exact) mass is 444 g/mol. The molecule has 2 amide bonds. The molecule has 1 heterocycles. The summed E-state index contributed by atoms with van der Waals surface area (Å²) in [5.74, 6) is 0.695. The van der Waals surface area contributed by atoms with E-state index in [1.54, 1.807) is 18.2 Å². The van der Waals surface area contributed by atoms with Gasteiger partial charge in [-0.1, -0.05) is 41.3 Å². The first-order valence-corrected chi connectivity index (χ1v) is 10.6. The Morgan fingerprint density at radius 3 is 2.40 bits per heavy atom. The van der Waals surface area contributed by atoms with Crippen LogP contribution in [0.3, 0.4) is 0 Å². The third-order valence-electron chi connectivity index (χ3n) is 3.99. The number of amides is 2. The van der Waals surface area contributed by atoms with Crippen LogP contribution in [0.1, 0.15) is 15.9 Å². The van der Waals surface area contributed by atoms with Gasteiger partial charge in [-0.3, -0.25) is 14.9 Å². The van der Waals surface area contributed by atoms with Crippen molar-refractivity contribution < 1.29 is 19.1 Å². The molecule has 0 saturated heterocycles. The van der Waals surface area contributed by atoms with Crippen molar-refractivity contribution in [3.05, 3.63) is 53.6 Å². The van der Waals surface area contributed by atoms with Crippen molar-refractivity contribution in [3.63, 3.8) is 0 Å². The van der Waals surface area contributed by atoms with Crippen molar-refractivity contribution >= 4 is 45.7 Å². The van der Waals surface area contributed by atoms with E-state index in [9.17, 15) is 9.59 Å². The Morgan fingerprint density at radius 2 is 1.73 bits per heavy atom. The molecule has 0 unspecified atom stereocenters. The minimum atomic E-state index is -0.364. The van der Waals surface area contributed by atoms with E-state index in [0.29, 0.717) is 26.5 Å². The molecule has 0 radical (unpaired) electrons. The lowest BCUT2D eigenvalue weighted by Crippen LogP contribution is -2.14. The minimum absolute atomic E-state index is 0.140. The first-order chi connectivity index (χ1) is 14.5. The molecule has 8 nitrogen and oxygen atoms in total.